The molecule has 1 aliphatic rings. The second kappa shape index (κ2) is 5.25. The molecule has 0 unspecified atom stereocenters. The number of hydrogen-bond donors (Lipinski definition) is 2. The van der Waals surface area contributed by atoms with Crippen LogP contribution in [0.15, 0.2) is 18.2 Å². The van der Waals surface area contributed by atoms with Crippen molar-refractivity contribution in [3.63, 3.8) is 0 Å². The highest BCUT2D eigenvalue weighted by atomic mass is 35.5. The van der Waals surface area contributed by atoms with E-state index in [9.17, 15) is 5.11 Å². The summed E-state index contributed by atoms with van der Waals surface area (Å²) < 4.78 is 5.29. The first kappa shape index (κ1) is 12.7. The van der Waals surface area contributed by atoms with E-state index in [-0.39, 0.29) is 12.1 Å². The van der Waals surface area contributed by atoms with E-state index in [4.69, 9.17) is 16.3 Å². The Hall–Kier alpha value is -0.770. The number of hydrogen-bond acceptors (Lipinski definition) is 3. The van der Waals surface area contributed by atoms with Crippen molar-refractivity contribution >= 4 is 11.6 Å². The average Bonchev–Trinajstić information content (AvgIpc) is 2.29. The minimum atomic E-state index is -0.107. The summed E-state index contributed by atoms with van der Waals surface area (Å²) in [6.45, 7) is 0.809. The largest absolute Gasteiger partial charge is 0.496 e. The van der Waals surface area contributed by atoms with Crippen LogP contribution in [-0.2, 0) is 6.54 Å². The Morgan fingerprint density at radius 3 is 2.76 bits per heavy atom. The number of aliphatic hydroxyl groups excluding tert-OH is 1. The van der Waals surface area contributed by atoms with Crippen LogP contribution in [0.2, 0.25) is 5.02 Å². The summed E-state index contributed by atoms with van der Waals surface area (Å²) in [5.74, 6) is 0.789. The molecule has 0 atom stereocenters. The van der Waals surface area contributed by atoms with Gasteiger partial charge < -0.3 is 15.2 Å². The van der Waals surface area contributed by atoms with E-state index in [2.05, 4.69) is 5.32 Å². The fraction of sp³-hybridized carbons (Fsp3) is 0.538. The zero-order chi connectivity index (χ0) is 12.3. The summed E-state index contributed by atoms with van der Waals surface area (Å²) in [4.78, 5) is 0. The van der Waals surface area contributed by atoms with Gasteiger partial charge in [-0.05, 0) is 31.4 Å². The van der Waals surface area contributed by atoms with Crippen molar-refractivity contribution in [3.05, 3.63) is 28.8 Å². The van der Waals surface area contributed by atoms with Crippen molar-refractivity contribution in [2.75, 3.05) is 13.7 Å². The minimum absolute atomic E-state index is 0.107. The van der Waals surface area contributed by atoms with Crippen LogP contribution < -0.4 is 10.1 Å². The van der Waals surface area contributed by atoms with Crippen LogP contribution in [0.25, 0.3) is 0 Å². The lowest BCUT2D eigenvalue weighted by molar-refractivity contribution is 0.0870. The molecule has 2 N–H and O–H groups in total. The molecule has 17 heavy (non-hydrogen) atoms. The summed E-state index contributed by atoms with van der Waals surface area (Å²) in [7, 11) is 1.64. The lowest BCUT2D eigenvalue weighted by Crippen LogP contribution is -2.53. The van der Waals surface area contributed by atoms with Gasteiger partial charge in [0, 0.05) is 22.7 Å². The topological polar surface area (TPSA) is 41.5 Å². The Labute approximate surface area is 107 Å². The van der Waals surface area contributed by atoms with Gasteiger partial charge in [-0.1, -0.05) is 17.7 Å². The molecule has 0 aromatic heterocycles. The highest BCUT2D eigenvalue weighted by Gasteiger charge is 2.35. The zero-order valence-electron chi connectivity index (χ0n) is 10.0. The maximum Gasteiger partial charge on any atom is 0.124 e. The van der Waals surface area contributed by atoms with Crippen molar-refractivity contribution in [1.82, 2.24) is 5.32 Å². The lowest BCUT2D eigenvalue weighted by Gasteiger charge is -2.41. The zero-order valence-corrected chi connectivity index (χ0v) is 10.8. The lowest BCUT2D eigenvalue weighted by atomic mass is 9.77. The SMILES string of the molecule is COc1cccc(Cl)c1CNC1(CO)CCC1. The monoisotopic (exact) mass is 255 g/mol. The van der Waals surface area contributed by atoms with Gasteiger partial charge in [0.15, 0.2) is 0 Å². The number of benzene rings is 1. The molecule has 0 spiro atoms. The van der Waals surface area contributed by atoms with E-state index in [1.807, 2.05) is 18.2 Å². The fourth-order valence-corrected chi connectivity index (χ4v) is 2.40. The van der Waals surface area contributed by atoms with E-state index in [0.717, 1.165) is 24.2 Å². The molecule has 0 amide bonds. The first-order valence-electron chi connectivity index (χ1n) is 5.88. The van der Waals surface area contributed by atoms with E-state index < -0.39 is 0 Å². The molecule has 3 nitrogen and oxygen atoms in total. The fourth-order valence-electron chi connectivity index (χ4n) is 2.17. The Balaban J connectivity index is 2.08. The quantitative estimate of drug-likeness (QED) is 0.849. The van der Waals surface area contributed by atoms with Crippen LogP contribution in [0, 0.1) is 0 Å². The molecule has 1 fully saturated rings. The molecular weight excluding hydrogens is 238 g/mol. The molecule has 0 saturated heterocycles. The molecule has 0 aliphatic heterocycles. The predicted octanol–water partition coefficient (Wildman–Crippen LogP) is 2.35. The molecule has 1 aliphatic carbocycles. The molecule has 94 valence electrons. The normalized spacial score (nSPS) is 17.6. The summed E-state index contributed by atoms with van der Waals surface area (Å²) in [5.41, 5.74) is 0.848. The van der Waals surface area contributed by atoms with E-state index in [1.165, 1.54) is 6.42 Å². The average molecular weight is 256 g/mol. The van der Waals surface area contributed by atoms with Crippen molar-refractivity contribution < 1.29 is 9.84 Å². The first-order chi connectivity index (χ1) is 8.21. The van der Waals surface area contributed by atoms with E-state index in [0.29, 0.717) is 11.6 Å². The Kier molecular flexibility index (Phi) is 3.92. The van der Waals surface area contributed by atoms with Crippen molar-refractivity contribution in [1.29, 1.82) is 0 Å². The molecule has 1 aromatic rings. The van der Waals surface area contributed by atoms with Gasteiger partial charge in [-0.25, -0.2) is 0 Å². The van der Waals surface area contributed by atoms with Gasteiger partial charge in [0.1, 0.15) is 5.75 Å². The second-order valence-corrected chi connectivity index (χ2v) is 4.97. The third-order valence-electron chi connectivity index (χ3n) is 3.55. The summed E-state index contributed by atoms with van der Waals surface area (Å²) in [5, 5.41) is 13.5. The van der Waals surface area contributed by atoms with Crippen molar-refractivity contribution in [2.45, 2.75) is 31.3 Å². The van der Waals surface area contributed by atoms with Gasteiger partial charge in [-0.2, -0.15) is 0 Å². The minimum Gasteiger partial charge on any atom is -0.496 e. The smallest absolute Gasteiger partial charge is 0.124 e. The number of halogens is 1. The molecule has 4 heteroatoms. The number of methoxy groups -OCH3 is 1. The molecule has 0 bridgehead atoms. The standard InChI is InChI=1S/C13H18ClNO2/c1-17-12-5-2-4-11(14)10(12)8-15-13(9-16)6-3-7-13/h2,4-5,15-16H,3,6-9H2,1H3. The molecular formula is C13H18ClNO2. The molecule has 0 radical (unpaired) electrons. The number of nitrogens with one attached hydrogen (secondary N) is 1. The highest BCUT2D eigenvalue weighted by molar-refractivity contribution is 6.31. The van der Waals surface area contributed by atoms with Crippen LogP contribution in [0.1, 0.15) is 24.8 Å². The maximum absolute atomic E-state index is 9.38. The van der Waals surface area contributed by atoms with Crippen LogP contribution in [-0.4, -0.2) is 24.4 Å². The third-order valence-corrected chi connectivity index (χ3v) is 3.90. The van der Waals surface area contributed by atoms with Gasteiger partial charge >= 0.3 is 0 Å². The Morgan fingerprint density at radius 1 is 1.47 bits per heavy atom. The van der Waals surface area contributed by atoms with E-state index in [1.54, 1.807) is 7.11 Å². The number of ether oxygens (including phenoxy) is 1. The predicted molar refractivity (Wildman–Crippen MR) is 68.5 cm³/mol. The van der Waals surface area contributed by atoms with Crippen LogP contribution in [0.5, 0.6) is 5.75 Å². The second-order valence-electron chi connectivity index (χ2n) is 4.57. The van der Waals surface area contributed by atoms with Gasteiger partial charge in [-0.15, -0.1) is 0 Å². The third kappa shape index (κ3) is 2.57. The summed E-state index contributed by atoms with van der Waals surface area (Å²) >= 11 is 6.16. The number of rotatable bonds is 5. The Bertz CT molecular complexity index is 385. The van der Waals surface area contributed by atoms with Gasteiger partial charge in [-0.3, -0.25) is 0 Å². The van der Waals surface area contributed by atoms with Gasteiger partial charge in [0.05, 0.1) is 13.7 Å². The Morgan fingerprint density at radius 2 is 2.24 bits per heavy atom. The first-order valence-corrected chi connectivity index (χ1v) is 6.26. The highest BCUT2D eigenvalue weighted by Crippen LogP contribution is 2.33. The summed E-state index contributed by atoms with van der Waals surface area (Å²) in [6, 6.07) is 5.62. The van der Waals surface area contributed by atoms with Gasteiger partial charge in [0.25, 0.3) is 0 Å². The maximum atomic E-state index is 9.38. The summed E-state index contributed by atoms with van der Waals surface area (Å²) in [6.07, 6.45) is 3.22. The molecule has 1 aromatic carbocycles. The van der Waals surface area contributed by atoms with Crippen molar-refractivity contribution in [3.8, 4) is 5.75 Å². The van der Waals surface area contributed by atoms with Crippen LogP contribution in [0.4, 0.5) is 0 Å². The molecule has 2 rings (SSSR count). The molecule has 0 heterocycles. The van der Waals surface area contributed by atoms with Crippen molar-refractivity contribution in [2.24, 2.45) is 0 Å². The van der Waals surface area contributed by atoms with E-state index >= 15 is 0 Å². The molecule has 1 saturated carbocycles. The number of aliphatic hydroxyl groups is 1. The van der Waals surface area contributed by atoms with Crippen LogP contribution in [0.3, 0.4) is 0 Å². The van der Waals surface area contributed by atoms with Crippen LogP contribution >= 0.6 is 11.6 Å². The van der Waals surface area contributed by atoms with Gasteiger partial charge in [0.2, 0.25) is 0 Å².